The number of nitrogens with one attached hydrogen (secondary N) is 1. The Morgan fingerprint density at radius 3 is 2.36 bits per heavy atom. The number of carbonyl (C=O) groups excluding carboxylic acids is 2. The fraction of sp³-hybridized carbons (Fsp3) is 0.789. The molecule has 1 heterocycles. The largest absolute Gasteiger partial charge is 0.353 e. The number of hydrogen-bond acceptors (Lipinski definition) is 4. The molecule has 2 atom stereocenters. The van der Waals surface area contributed by atoms with Gasteiger partial charge in [-0.15, -0.1) is 0 Å². The van der Waals surface area contributed by atoms with E-state index in [0.717, 1.165) is 57.2 Å². The predicted molar refractivity (Wildman–Crippen MR) is 106 cm³/mol. The fourth-order valence-corrected chi connectivity index (χ4v) is 2.45. The van der Waals surface area contributed by atoms with Crippen LogP contribution in [0.2, 0.25) is 0 Å². The summed E-state index contributed by atoms with van der Waals surface area (Å²) in [5.74, 6) is -0.0877. The monoisotopic (exact) mass is 356 g/mol. The van der Waals surface area contributed by atoms with Gasteiger partial charge in [0, 0.05) is 12.6 Å². The average Bonchev–Trinajstić information content (AvgIpc) is 3.05. The van der Waals surface area contributed by atoms with Gasteiger partial charge in [0.1, 0.15) is 0 Å². The molecule has 1 unspecified atom stereocenters. The molecule has 1 rings (SSSR count). The number of nitrogens with two attached hydrogens (primary N) is 2. The van der Waals surface area contributed by atoms with E-state index in [0.29, 0.717) is 6.04 Å². The first-order valence-electron chi connectivity index (χ1n) is 9.43. The first kappa shape index (κ1) is 25.8. The highest BCUT2D eigenvalue weighted by molar-refractivity contribution is 5.77. The number of unbranched alkanes of at least 4 members (excludes halogenated alkanes) is 1. The summed E-state index contributed by atoms with van der Waals surface area (Å²) >= 11 is 0. The Bertz CT molecular complexity index is 361. The highest BCUT2D eigenvalue weighted by atomic mass is 16.2. The molecule has 0 radical (unpaired) electrons. The summed E-state index contributed by atoms with van der Waals surface area (Å²) < 4.78 is 0. The smallest absolute Gasteiger partial charge is 0.233 e. The summed E-state index contributed by atoms with van der Waals surface area (Å²) in [5.41, 5.74) is 11.6. The van der Waals surface area contributed by atoms with Gasteiger partial charge in [-0.1, -0.05) is 38.8 Å². The Kier molecular flexibility index (Phi) is 18.0. The predicted octanol–water partition coefficient (Wildman–Crippen LogP) is 2.18. The van der Waals surface area contributed by atoms with Crippen molar-refractivity contribution >= 4 is 12.3 Å². The molecule has 0 aromatic carbocycles. The van der Waals surface area contributed by atoms with Gasteiger partial charge in [0.25, 0.3) is 0 Å². The maximum Gasteiger partial charge on any atom is 0.233 e. The summed E-state index contributed by atoms with van der Waals surface area (Å²) in [5, 5.41) is 2.78. The summed E-state index contributed by atoms with van der Waals surface area (Å²) in [6.07, 6.45) is 7.44. The van der Waals surface area contributed by atoms with Crippen LogP contribution in [-0.2, 0) is 9.59 Å². The van der Waals surface area contributed by atoms with Gasteiger partial charge in [-0.3, -0.25) is 9.59 Å². The van der Waals surface area contributed by atoms with Crippen LogP contribution in [0.25, 0.3) is 0 Å². The zero-order valence-corrected chi connectivity index (χ0v) is 16.7. The van der Waals surface area contributed by atoms with Gasteiger partial charge in [0.05, 0.1) is 12.6 Å². The van der Waals surface area contributed by atoms with Crippen molar-refractivity contribution < 1.29 is 9.59 Å². The van der Waals surface area contributed by atoms with Crippen molar-refractivity contribution in [3.63, 3.8) is 0 Å². The molecule has 0 aliphatic carbocycles. The molecule has 148 valence electrons. The third-order valence-electron chi connectivity index (χ3n) is 3.68. The Morgan fingerprint density at radius 1 is 1.36 bits per heavy atom. The van der Waals surface area contributed by atoms with E-state index < -0.39 is 0 Å². The molecule has 1 fully saturated rings. The third-order valence-corrected chi connectivity index (χ3v) is 3.68. The maximum absolute atomic E-state index is 10.8. The molecule has 25 heavy (non-hydrogen) atoms. The quantitative estimate of drug-likeness (QED) is 0.352. The van der Waals surface area contributed by atoms with Crippen LogP contribution < -0.4 is 16.8 Å². The normalized spacial score (nSPS) is 16.7. The second-order valence-electron chi connectivity index (χ2n) is 6.51. The van der Waals surface area contributed by atoms with E-state index in [2.05, 4.69) is 25.7 Å². The first-order valence-corrected chi connectivity index (χ1v) is 9.43. The lowest BCUT2D eigenvalue weighted by Gasteiger charge is -2.19. The minimum atomic E-state index is -0.0877. The minimum absolute atomic E-state index is 0.0707. The second-order valence-corrected chi connectivity index (χ2v) is 6.51. The fourth-order valence-electron chi connectivity index (χ4n) is 2.45. The lowest BCUT2D eigenvalue weighted by Crippen LogP contribution is -2.36. The van der Waals surface area contributed by atoms with Crippen LogP contribution >= 0.6 is 0 Å². The van der Waals surface area contributed by atoms with Gasteiger partial charge in [-0.2, -0.15) is 0 Å². The van der Waals surface area contributed by atoms with Crippen LogP contribution in [0, 0.1) is 0 Å². The van der Waals surface area contributed by atoms with Gasteiger partial charge < -0.3 is 21.7 Å². The topological polar surface area (TPSA) is 101 Å². The summed E-state index contributed by atoms with van der Waals surface area (Å²) in [6.45, 7) is 13.7. The van der Waals surface area contributed by atoms with Crippen LogP contribution in [0.5, 0.6) is 0 Å². The van der Waals surface area contributed by atoms with Crippen LogP contribution in [0.15, 0.2) is 12.2 Å². The molecule has 1 aliphatic heterocycles. The first-order chi connectivity index (χ1) is 11.9. The summed E-state index contributed by atoms with van der Waals surface area (Å²) in [7, 11) is 0. The number of hydrogen-bond donors (Lipinski definition) is 3. The standard InChI is InChI=1S/C8H19N3O.C8H13NO.C3H8/c1-7(4-2-3-5-9)11-8(12)6-10;1-7(2)8-4-3-5-9(8)6-10;1-3-2/h7H,2-6,9-10H2,1H3,(H,11,12);6,8H,1,3-5H2,2H3;3H2,1-2H3/t7-;;/m1../s1. The molecule has 0 aromatic heterocycles. The van der Waals surface area contributed by atoms with E-state index in [1.165, 1.54) is 6.42 Å². The number of likely N-dealkylation sites (tertiary alicyclic amines) is 1. The molecule has 6 heteroatoms. The van der Waals surface area contributed by atoms with Crippen molar-refractivity contribution in [2.45, 2.75) is 78.3 Å². The summed E-state index contributed by atoms with van der Waals surface area (Å²) in [6, 6.07) is 0.532. The zero-order valence-electron chi connectivity index (χ0n) is 16.7. The van der Waals surface area contributed by atoms with Gasteiger partial charge in [0.15, 0.2) is 0 Å². The van der Waals surface area contributed by atoms with Gasteiger partial charge in [0.2, 0.25) is 12.3 Å². The maximum atomic E-state index is 10.8. The zero-order chi connectivity index (χ0) is 19.7. The Hall–Kier alpha value is -1.40. The lowest BCUT2D eigenvalue weighted by molar-refractivity contribution is -0.120. The van der Waals surface area contributed by atoms with E-state index in [1.807, 2.05) is 18.7 Å². The Morgan fingerprint density at radius 2 is 1.96 bits per heavy atom. The lowest BCUT2D eigenvalue weighted by atomic mass is 10.1. The number of rotatable bonds is 8. The Labute approximate surface area is 154 Å². The van der Waals surface area contributed by atoms with Crippen LogP contribution in [0.3, 0.4) is 0 Å². The van der Waals surface area contributed by atoms with Gasteiger partial charge in [-0.25, -0.2) is 0 Å². The Balaban J connectivity index is 0. The molecular formula is C19H40N4O2. The molecule has 0 bridgehead atoms. The minimum Gasteiger partial charge on any atom is -0.353 e. The summed E-state index contributed by atoms with van der Waals surface area (Å²) in [4.78, 5) is 23.0. The van der Waals surface area contributed by atoms with Crippen LogP contribution in [-0.4, -0.2) is 48.9 Å². The number of nitrogens with zero attached hydrogens (tertiary/aromatic N) is 1. The van der Waals surface area contributed by atoms with E-state index in [4.69, 9.17) is 11.5 Å². The molecule has 6 nitrogen and oxygen atoms in total. The van der Waals surface area contributed by atoms with Crippen LogP contribution in [0.1, 0.15) is 66.2 Å². The van der Waals surface area contributed by atoms with Crippen molar-refractivity contribution in [3.05, 3.63) is 12.2 Å². The molecule has 2 amide bonds. The third kappa shape index (κ3) is 14.6. The molecule has 1 saturated heterocycles. The number of carbonyl (C=O) groups is 2. The van der Waals surface area contributed by atoms with E-state index >= 15 is 0 Å². The van der Waals surface area contributed by atoms with Crippen molar-refractivity contribution in [3.8, 4) is 0 Å². The average molecular weight is 357 g/mol. The molecule has 5 N–H and O–H groups in total. The van der Waals surface area contributed by atoms with Crippen molar-refractivity contribution in [2.75, 3.05) is 19.6 Å². The van der Waals surface area contributed by atoms with Crippen molar-refractivity contribution in [2.24, 2.45) is 11.5 Å². The molecule has 0 spiro atoms. The number of amides is 2. The van der Waals surface area contributed by atoms with E-state index in [9.17, 15) is 9.59 Å². The second kappa shape index (κ2) is 17.4. The van der Waals surface area contributed by atoms with Crippen molar-refractivity contribution in [1.29, 1.82) is 0 Å². The molecule has 1 aliphatic rings. The van der Waals surface area contributed by atoms with E-state index in [-0.39, 0.29) is 18.5 Å². The SMILES string of the molecule is C=C(C)C1CCCN1C=O.CCC.C[C@H](CCCCN)NC(=O)CN. The molecule has 0 saturated carbocycles. The highest BCUT2D eigenvalue weighted by Crippen LogP contribution is 2.20. The van der Waals surface area contributed by atoms with Gasteiger partial charge in [-0.05, 0) is 46.1 Å². The van der Waals surface area contributed by atoms with Crippen molar-refractivity contribution in [1.82, 2.24) is 10.2 Å². The van der Waals surface area contributed by atoms with Gasteiger partial charge >= 0.3 is 0 Å². The van der Waals surface area contributed by atoms with Crippen LogP contribution in [0.4, 0.5) is 0 Å². The molecule has 0 aromatic rings. The molecular weight excluding hydrogens is 316 g/mol. The highest BCUT2D eigenvalue weighted by Gasteiger charge is 2.22. The van der Waals surface area contributed by atoms with E-state index in [1.54, 1.807) is 0 Å².